The molecule has 1 heterocycles. The van der Waals surface area contributed by atoms with Crippen LogP contribution in [0.15, 0.2) is 46.9 Å². The number of hydrogen-bond acceptors (Lipinski definition) is 5. The number of phenols is 1. The van der Waals surface area contributed by atoms with Crippen molar-refractivity contribution in [1.29, 1.82) is 0 Å². The summed E-state index contributed by atoms with van der Waals surface area (Å²) in [5.41, 5.74) is 1.53. The fraction of sp³-hybridized carbons (Fsp3) is 0.429. The Morgan fingerprint density at radius 1 is 1.22 bits per heavy atom. The molecule has 1 saturated carbocycles. The maximum absolute atomic E-state index is 12.9. The summed E-state index contributed by atoms with van der Waals surface area (Å²) in [5.74, 6) is 0.131. The van der Waals surface area contributed by atoms with Gasteiger partial charge in [-0.1, -0.05) is 48.7 Å². The maximum atomic E-state index is 12.9. The molecule has 1 N–H and O–H groups in total. The summed E-state index contributed by atoms with van der Waals surface area (Å²) >= 11 is 1.59. The number of phenolic OH excluding ortho intramolecular Hbond substituents is 1. The topological polar surface area (TPSA) is 62.1 Å². The van der Waals surface area contributed by atoms with Crippen molar-refractivity contribution in [2.24, 2.45) is 5.16 Å². The Bertz CT molecular complexity index is 767. The molecule has 0 radical (unpaired) electrons. The monoisotopic (exact) mass is 386 g/mol. The lowest BCUT2D eigenvalue weighted by atomic mass is 9.93. The molecule has 6 heteroatoms. The number of amides is 1. The van der Waals surface area contributed by atoms with Crippen LogP contribution in [0.1, 0.15) is 49.5 Å². The van der Waals surface area contributed by atoms with E-state index in [0.717, 1.165) is 41.8 Å². The minimum Gasteiger partial charge on any atom is -0.508 e. The molecular formula is C21H26N2O3S. The Morgan fingerprint density at radius 3 is 2.70 bits per heavy atom. The molecule has 3 rings (SSSR count). The average Bonchev–Trinajstić information content (AvgIpc) is 3.23. The first kappa shape index (κ1) is 19.4. The van der Waals surface area contributed by atoms with Crippen LogP contribution in [0.5, 0.6) is 5.75 Å². The summed E-state index contributed by atoms with van der Waals surface area (Å²) in [6.45, 7) is 2.18. The molecule has 0 saturated heterocycles. The van der Waals surface area contributed by atoms with Crippen LogP contribution < -0.4 is 0 Å². The summed E-state index contributed by atoms with van der Waals surface area (Å²) in [5, 5.41) is 16.2. The zero-order valence-electron chi connectivity index (χ0n) is 15.6. The number of aromatic hydroxyl groups is 1. The van der Waals surface area contributed by atoms with E-state index in [1.807, 2.05) is 41.5 Å². The van der Waals surface area contributed by atoms with Crippen molar-refractivity contribution in [3.05, 3.63) is 52.2 Å². The van der Waals surface area contributed by atoms with Gasteiger partial charge in [0.1, 0.15) is 5.75 Å². The molecule has 27 heavy (non-hydrogen) atoms. The van der Waals surface area contributed by atoms with Gasteiger partial charge in [0, 0.05) is 18.2 Å². The van der Waals surface area contributed by atoms with Crippen molar-refractivity contribution in [2.75, 3.05) is 6.61 Å². The van der Waals surface area contributed by atoms with Crippen molar-refractivity contribution >= 4 is 23.0 Å². The van der Waals surface area contributed by atoms with Gasteiger partial charge in [-0.25, -0.2) is 0 Å². The van der Waals surface area contributed by atoms with Crippen LogP contribution in [0, 0.1) is 0 Å². The van der Waals surface area contributed by atoms with Gasteiger partial charge in [-0.15, -0.1) is 11.3 Å². The molecule has 0 spiro atoms. The van der Waals surface area contributed by atoms with Crippen molar-refractivity contribution in [2.45, 2.75) is 51.6 Å². The number of nitrogens with zero attached hydrogens (tertiary/aromatic N) is 2. The van der Waals surface area contributed by atoms with Crippen molar-refractivity contribution < 1.29 is 14.7 Å². The standard InChI is InChI=1S/C21H26N2O3S/c1-16(20-12-7-13-27-20)22-26-15-21(25)23(18-9-3-2-4-10-18)14-17-8-5-6-11-19(17)24/h5-8,11-13,18,24H,2-4,9-10,14-15H2,1H3/b22-16-. The second-order valence-corrected chi connectivity index (χ2v) is 7.82. The van der Waals surface area contributed by atoms with Crippen molar-refractivity contribution in [1.82, 2.24) is 4.90 Å². The summed E-state index contributed by atoms with van der Waals surface area (Å²) in [6.07, 6.45) is 5.47. The summed E-state index contributed by atoms with van der Waals surface area (Å²) in [7, 11) is 0. The lowest BCUT2D eigenvalue weighted by molar-refractivity contribution is -0.140. The largest absolute Gasteiger partial charge is 0.508 e. The molecule has 1 fully saturated rings. The highest BCUT2D eigenvalue weighted by molar-refractivity contribution is 7.12. The van der Waals surface area contributed by atoms with Gasteiger partial charge in [-0.2, -0.15) is 0 Å². The third kappa shape index (κ3) is 5.32. The van der Waals surface area contributed by atoms with Crippen molar-refractivity contribution in [3.63, 3.8) is 0 Å². The zero-order chi connectivity index (χ0) is 19.1. The van der Waals surface area contributed by atoms with Crippen LogP contribution in [0.2, 0.25) is 0 Å². The summed E-state index contributed by atoms with van der Waals surface area (Å²) in [4.78, 5) is 21.1. The molecule has 5 nitrogen and oxygen atoms in total. The van der Waals surface area contributed by atoms with E-state index in [0.29, 0.717) is 6.54 Å². The molecular weight excluding hydrogens is 360 g/mol. The smallest absolute Gasteiger partial charge is 0.263 e. The van der Waals surface area contributed by atoms with Gasteiger partial charge in [0.2, 0.25) is 0 Å². The van der Waals surface area contributed by atoms with Gasteiger partial charge >= 0.3 is 0 Å². The van der Waals surface area contributed by atoms with Gasteiger partial charge in [0.25, 0.3) is 5.91 Å². The van der Waals surface area contributed by atoms with Crippen molar-refractivity contribution in [3.8, 4) is 5.75 Å². The number of oxime groups is 1. The van der Waals surface area contributed by atoms with E-state index in [4.69, 9.17) is 4.84 Å². The Balaban J connectivity index is 1.66. The van der Waals surface area contributed by atoms with E-state index in [2.05, 4.69) is 5.16 Å². The molecule has 0 atom stereocenters. The van der Waals surface area contributed by atoms with E-state index in [-0.39, 0.29) is 24.3 Å². The molecule has 1 amide bonds. The van der Waals surface area contributed by atoms with E-state index in [1.165, 1.54) is 6.42 Å². The van der Waals surface area contributed by atoms with Gasteiger partial charge in [0.15, 0.2) is 6.61 Å². The van der Waals surface area contributed by atoms with Crippen LogP contribution in [0.25, 0.3) is 0 Å². The highest BCUT2D eigenvalue weighted by atomic mass is 32.1. The highest BCUT2D eigenvalue weighted by Gasteiger charge is 2.26. The second kappa shape index (κ2) is 9.55. The van der Waals surface area contributed by atoms with Crippen LogP contribution in [-0.4, -0.2) is 34.3 Å². The van der Waals surface area contributed by atoms with Crippen LogP contribution in [0.3, 0.4) is 0 Å². The van der Waals surface area contributed by atoms with E-state index in [1.54, 1.807) is 23.5 Å². The fourth-order valence-electron chi connectivity index (χ4n) is 3.44. The number of carbonyl (C=O) groups excluding carboxylic acids is 1. The molecule has 0 unspecified atom stereocenters. The second-order valence-electron chi connectivity index (χ2n) is 6.87. The number of benzene rings is 1. The molecule has 1 aromatic heterocycles. The summed E-state index contributed by atoms with van der Waals surface area (Å²) in [6, 6.07) is 11.3. The van der Waals surface area contributed by atoms with Crippen LogP contribution in [0.4, 0.5) is 0 Å². The third-order valence-electron chi connectivity index (χ3n) is 4.94. The Labute approximate surface area is 164 Å². The number of thiophene rings is 1. The quantitative estimate of drug-likeness (QED) is 0.561. The first-order valence-corrected chi connectivity index (χ1v) is 10.3. The highest BCUT2D eigenvalue weighted by Crippen LogP contribution is 2.26. The molecule has 0 aliphatic heterocycles. The number of hydrogen-bond donors (Lipinski definition) is 1. The van der Waals surface area contributed by atoms with Gasteiger partial charge in [-0.3, -0.25) is 4.79 Å². The van der Waals surface area contributed by atoms with E-state index in [9.17, 15) is 9.90 Å². The normalized spacial score (nSPS) is 15.5. The lowest BCUT2D eigenvalue weighted by Gasteiger charge is -2.34. The molecule has 2 aromatic rings. The van der Waals surface area contributed by atoms with Crippen LogP contribution >= 0.6 is 11.3 Å². The predicted molar refractivity (Wildman–Crippen MR) is 108 cm³/mol. The van der Waals surface area contributed by atoms with Gasteiger partial charge in [-0.05, 0) is 37.3 Å². The molecule has 144 valence electrons. The number of para-hydroxylation sites is 1. The minimum atomic E-state index is -0.0905. The van der Waals surface area contributed by atoms with E-state index < -0.39 is 0 Å². The molecule has 1 aromatic carbocycles. The SMILES string of the molecule is C/C(=N/OCC(=O)N(Cc1ccccc1O)C1CCCCC1)c1cccs1. The Kier molecular flexibility index (Phi) is 6.87. The lowest BCUT2D eigenvalue weighted by Crippen LogP contribution is -2.42. The van der Waals surface area contributed by atoms with Gasteiger partial charge in [0.05, 0.1) is 10.6 Å². The molecule has 1 aliphatic carbocycles. The number of carbonyl (C=O) groups is 1. The first-order chi connectivity index (χ1) is 13.1. The van der Waals surface area contributed by atoms with Crippen LogP contribution in [-0.2, 0) is 16.2 Å². The fourth-order valence-corrected chi connectivity index (χ4v) is 4.11. The van der Waals surface area contributed by atoms with E-state index >= 15 is 0 Å². The molecule has 1 aliphatic rings. The predicted octanol–water partition coefficient (Wildman–Crippen LogP) is 4.56. The summed E-state index contributed by atoms with van der Waals surface area (Å²) < 4.78 is 0. The maximum Gasteiger partial charge on any atom is 0.263 e. The Hall–Kier alpha value is -2.34. The van der Waals surface area contributed by atoms with Gasteiger partial charge < -0.3 is 14.8 Å². The zero-order valence-corrected chi connectivity index (χ0v) is 16.5. The minimum absolute atomic E-state index is 0.0899. The Morgan fingerprint density at radius 2 is 2.00 bits per heavy atom. The first-order valence-electron chi connectivity index (χ1n) is 9.42. The molecule has 0 bridgehead atoms. The average molecular weight is 387 g/mol. The third-order valence-corrected chi connectivity index (χ3v) is 5.91. The number of rotatable bonds is 7.